The number of hydrogen-bond donors (Lipinski definition) is 4. The highest BCUT2D eigenvalue weighted by Crippen LogP contribution is 2.09. The lowest BCUT2D eigenvalue weighted by atomic mass is 10.3. The van der Waals surface area contributed by atoms with Gasteiger partial charge in [-0.25, -0.2) is 0 Å². The van der Waals surface area contributed by atoms with Crippen molar-refractivity contribution in [3.8, 4) is 0 Å². The van der Waals surface area contributed by atoms with E-state index in [1.54, 1.807) is 5.48 Å². The molecule has 60 valence electrons. The van der Waals surface area contributed by atoms with Gasteiger partial charge in [0.25, 0.3) is 0 Å². The molecule has 0 unspecified atom stereocenters. The van der Waals surface area contributed by atoms with Gasteiger partial charge in [0.15, 0.2) is 12.0 Å². The number of hydroxylamine groups is 1. The Morgan fingerprint density at radius 3 is 2.55 bits per heavy atom. The quantitative estimate of drug-likeness (QED) is 0.391. The van der Waals surface area contributed by atoms with Crippen LogP contribution in [0.5, 0.6) is 0 Å². The second kappa shape index (κ2) is 2.41. The number of hydrogen-bond acceptors (Lipinski definition) is 5. The van der Waals surface area contributed by atoms with E-state index in [1.165, 1.54) is 0 Å². The lowest BCUT2D eigenvalue weighted by Crippen LogP contribution is -2.22. The van der Waals surface area contributed by atoms with Crippen LogP contribution in [0.25, 0.3) is 0 Å². The molecule has 6 nitrogen and oxygen atoms in total. The van der Waals surface area contributed by atoms with E-state index in [9.17, 15) is 4.79 Å². The second-order valence-electron chi connectivity index (χ2n) is 1.75. The number of carbonyl (C=O) groups excluding carboxylic acids is 1. The molecule has 1 aliphatic heterocycles. The van der Waals surface area contributed by atoms with Crippen LogP contribution in [0.3, 0.4) is 0 Å². The van der Waals surface area contributed by atoms with Crippen LogP contribution in [-0.2, 0) is 9.63 Å². The van der Waals surface area contributed by atoms with Gasteiger partial charge in [0.2, 0.25) is 11.5 Å². The molecule has 4 N–H and O–H groups in total. The average Bonchev–Trinajstić information content (AvgIpc) is 2.07. The van der Waals surface area contributed by atoms with Gasteiger partial charge in [0.1, 0.15) is 0 Å². The lowest BCUT2D eigenvalue weighted by Gasteiger charge is -1.97. The van der Waals surface area contributed by atoms with Crippen LogP contribution in [0.15, 0.2) is 23.5 Å². The van der Waals surface area contributed by atoms with Crippen molar-refractivity contribution in [3.05, 3.63) is 23.5 Å². The van der Waals surface area contributed by atoms with Crippen molar-refractivity contribution in [3.63, 3.8) is 0 Å². The van der Waals surface area contributed by atoms with Crippen molar-refractivity contribution in [2.24, 2.45) is 0 Å². The molecule has 6 heteroatoms. The minimum atomic E-state index is -1.03. The van der Waals surface area contributed by atoms with Crippen LogP contribution in [0.4, 0.5) is 0 Å². The molecule has 0 aromatic carbocycles. The van der Waals surface area contributed by atoms with Gasteiger partial charge in [0.05, 0.1) is 0 Å². The predicted molar refractivity (Wildman–Crippen MR) is 32.2 cm³/mol. The average molecular weight is 159 g/mol. The molecule has 0 spiro atoms. The highest BCUT2D eigenvalue weighted by atomic mass is 16.7. The molecule has 0 radical (unpaired) electrons. The first kappa shape index (κ1) is 7.26. The maximum absolute atomic E-state index is 10.5. The van der Waals surface area contributed by atoms with E-state index in [0.717, 1.165) is 0 Å². The fraction of sp³-hybridized carbons (Fsp3) is 0. The summed E-state index contributed by atoms with van der Waals surface area (Å²) in [5.74, 6) is -3.65. The van der Waals surface area contributed by atoms with Crippen molar-refractivity contribution in [1.82, 2.24) is 5.48 Å². The maximum atomic E-state index is 10.5. The third kappa shape index (κ3) is 1.18. The summed E-state index contributed by atoms with van der Waals surface area (Å²) in [5.41, 5.74) is 1.71. The first-order chi connectivity index (χ1) is 5.13. The zero-order chi connectivity index (χ0) is 8.43. The third-order valence-electron chi connectivity index (χ3n) is 1.00. The molecule has 0 saturated carbocycles. The van der Waals surface area contributed by atoms with E-state index in [2.05, 4.69) is 4.84 Å². The highest BCUT2D eigenvalue weighted by Gasteiger charge is 2.20. The molecule has 0 aliphatic carbocycles. The van der Waals surface area contributed by atoms with E-state index < -0.39 is 23.2 Å². The number of nitrogens with one attached hydrogen (secondary N) is 1. The molecule has 0 aromatic rings. The zero-order valence-corrected chi connectivity index (χ0v) is 5.24. The largest absolute Gasteiger partial charge is 0.502 e. The molecule has 0 fully saturated rings. The van der Waals surface area contributed by atoms with Gasteiger partial charge < -0.3 is 20.2 Å². The SMILES string of the molecule is O=C1NOC=C(O)C(O)=C1O. The summed E-state index contributed by atoms with van der Waals surface area (Å²) in [4.78, 5) is 14.7. The van der Waals surface area contributed by atoms with Crippen molar-refractivity contribution < 1.29 is 25.0 Å². The summed E-state index contributed by atoms with van der Waals surface area (Å²) in [5, 5.41) is 26.2. The van der Waals surface area contributed by atoms with Gasteiger partial charge >= 0.3 is 5.91 Å². The van der Waals surface area contributed by atoms with Crippen molar-refractivity contribution >= 4 is 5.91 Å². The van der Waals surface area contributed by atoms with Crippen molar-refractivity contribution in [2.45, 2.75) is 0 Å². The minimum Gasteiger partial charge on any atom is -0.502 e. The summed E-state index contributed by atoms with van der Waals surface area (Å²) >= 11 is 0. The molecule has 1 amide bonds. The summed E-state index contributed by atoms with van der Waals surface area (Å²) in [6.45, 7) is 0. The lowest BCUT2D eigenvalue weighted by molar-refractivity contribution is -0.128. The Hall–Kier alpha value is -1.85. The zero-order valence-electron chi connectivity index (χ0n) is 5.24. The molecule has 0 bridgehead atoms. The topological polar surface area (TPSA) is 99.0 Å². The normalized spacial score (nSPS) is 18.2. The van der Waals surface area contributed by atoms with Gasteiger partial charge in [0, 0.05) is 0 Å². The molecular formula is C5H5NO5. The standard InChI is InChI=1S/C5H5NO5/c7-2-1-11-6-5(10)4(9)3(2)8/h1,7-9H,(H,6,10). The maximum Gasteiger partial charge on any atom is 0.322 e. The van der Waals surface area contributed by atoms with Gasteiger partial charge in [-0.15, -0.1) is 0 Å². The molecule has 0 saturated heterocycles. The first-order valence-corrected chi connectivity index (χ1v) is 2.60. The van der Waals surface area contributed by atoms with Crippen LogP contribution >= 0.6 is 0 Å². The third-order valence-corrected chi connectivity index (χ3v) is 1.00. The first-order valence-electron chi connectivity index (χ1n) is 2.60. The second-order valence-corrected chi connectivity index (χ2v) is 1.75. The summed E-state index contributed by atoms with van der Waals surface area (Å²) in [7, 11) is 0. The highest BCUT2D eigenvalue weighted by molar-refractivity contribution is 5.91. The van der Waals surface area contributed by atoms with Crippen LogP contribution < -0.4 is 5.48 Å². The van der Waals surface area contributed by atoms with E-state index in [0.29, 0.717) is 6.26 Å². The Balaban J connectivity index is 3.05. The fourth-order valence-electron chi connectivity index (χ4n) is 0.472. The Labute approximate surface area is 61.0 Å². The van der Waals surface area contributed by atoms with E-state index in [4.69, 9.17) is 15.3 Å². The fourth-order valence-corrected chi connectivity index (χ4v) is 0.472. The monoisotopic (exact) mass is 159 g/mol. The number of aliphatic hydroxyl groups excluding tert-OH is 3. The smallest absolute Gasteiger partial charge is 0.322 e. The molecular weight excluding hydrogens is 154 g/mol. The number of rotatable bonds is 0. The van der Waals surface area contributed by atoms with Crippen LogP contribution in [0.1, 0.15) is 0 Å². The molecule has 1 rings (SSSR count). The van der Waals surface area contributed by atoms with Crippen LogP contribution in [-0.4, -0.2) is 21.2 Å². The van der Waals surface area contributed by atoms with Gasteiger partial charge in [-0.2, -0.15) is 5.48 Å². The Morgan fingerprint density at radius 1 is 1.27 bits per heavy atom. The Kier molecular flexibility index (Phi) is 1.59. The van der Waals surface area contributed by atoms with Crippen LogP contribution in [0.2, 0.25) is 0 Å². The predicted octanol–water partition coefficient (Wildman–Crippen LogP) is -0.225. The summed E-state index contributed by atoms with van der Waals surface area (Å²) < 4.78 is 0. The van der Waals surface area contributed by atoms with Gasteiger partial charge in [-0.3, -0.25) is 4.79 Å². The number of carbonyl (C=O) groups is 1. The molecule has 1 heterocycles. The summed E-state index contributed by atoms with van der Waals surface area (Å²) in [6.07, 6.45) is 0.677. The van der Waals surface area contributed by atoms with E-state index >= 15 is 0 Å². The van der Waals surface area contributed by atoms with Crippen LogP contribution in [0, 0.1) is 0 Å². The van der Waals surface area contributed by atoms with Crippen molar-refractivity contribution in [2.75, 3.05) is 0 Å². The summed E-state index contributed by atoms with van der Waals surface area (Å²) in [6, 6.07) is 0. The van der Waals surface area contributed by atoms with Crippen molar-refractivity contribution in [1.29, 1.82) is 0 Å². The molecule has 0 atom stereocenters. The Morgan fingerprint density at radius 2 is 1.91 bits per heavy atom. The Bertz CT molecular complexity index is 254. The van der Waals surface area contributed by atoms with Gasteiger partial charge in [-0.05, 0) is 0 Å². The number of amides is 1. The minimum absolute atomic E-state index is 0.677. The molecule has 0 aromatic heterocycles. The van der Waals surface area contributed by atoms with Gasteiger partial charge in [-0.1, -0.05) is 0 Å². The number of aliphatic hydroxyl groups is 3. The van der Waals surface area contributed by atoms with E-state index in [-0.39, 0.29) is 0 Å². The molecule has 1 aliphatic rings. The molecule has 11 heavy (non-hydrogen) atoms. The van der Waals surface area contributed by atoms with E-state index in [1.807, 2.05) is 0 Å².